The fourth-order valence-electron chi connectivity index (χ4n) is 4.48. The number of anilines is 1. The standard InChI is InChI=1S/C25H27FN4O2/c26-21-7-4-18(5-8-21)15-29-10-12-30(13-11-29)16-24-28-23(17-32-24)25(31)27-22-9-6-19-2-1-3-20(19)14-22/h4-9,14,17H,1-3,10-13,15-16H2,(H,27,31). The maximum absolute atomic E-state index is 13.1. The van der Waals surface area contributed by atoms with E-state index in [0.29, 0.717) is 18.1 Å². The quantitative estimate of drug-likeness (QED) is 0.638. The van der Waals surface area contributed by atoms with E-state index in [-0.39, 0.29) is 11.7 Å². The van der Waals surface area contributed by atoms with Gasteiger partial charge in [0.15, 0.2) is 5.69 Å². The van der Waals surface area contributed by atoms with Gasteiger partial charge in [0.2, 0.25) is 5.89 Å². The van der Waals surface area contributed by atoms with Crippen LogP contribution in [0.25, 0.3) is 0 Å². The summed E-state index contributed by atoms with van der Waals surface area (Å²) in [7, 11) is 0. The first-order chi connectivity index (χ1) is 15.6. The van der Waals surface area contributed by atoms with Crippen molar-refractivity contribution in [3.8, 4) is 0 Å². The van der Waals surface area contributed by atoms with Crippen LogP contribution in [0.4, 0.5) is 10.1 Å². The summed E-state index contributed by atoms with van der Waals surface area (Å²) < 4.78 is 18.6. The number of aryl methyl sites for hydroxylation is 2. The summed E-state index contributed by atoms with van der Waals surface area (Å²) in [6.07, 6.45) is 4.81. The zero-order valence-electron chi connectivity index (χ0n) is 18.0. The van der Waals surface area contributed by atoms with Gasteiger partial charge in [-0.3, -0.25) is 14.6 Å². The molecule has 0 atom stereocenters. The Labute approximate surface area is 187 Å². The summed E-state index contributed by atoms with van der Waals surface area (Å²) in [5, 5.41) is 2.93. The Morgan fingerprint density at radius 2 is 1.69 bits per heavy atom. The number of piperazine rings is 1. The van der Waals surface area contributed by atoms with Crippen molar-refractivity contribution < 1.29 is 13.6 Å². The predicted octanol–water partition coefficient (Wildman–Crippen LogP) is 3.87. The molecule has 2 aliphatic rings. The van der Waals surface area contributed by atoms with Crippen LogP contribution < -0.4 is 5.32 Å². The molecular formula is C25H27FN4O2. The lowest BCUT2D eigenvalue weighted by Gasteiger charge is -2.34. The number of carbonyl (C=O) groups excluding carboxylic acids is 1. The highest BCUT2D eigenvalue weighted by molar-refractivity contribution is 6.02. The summed E-state index contributed by atoms with van der Waals surface area (Å²) in [6, 6.07) is 12.8. The summed E-state index contributed by atoms with van der Waals surface area (Å²) in [4.78, 5) is 21.6. The van der Waals surface area contributed by atoms with Gasteiger partial charge in [-0.05, 0) is 60.2 Å². The molecule has 7 heteroatoms. The van der Waals surface area contributed by atoms with Crippen molar-refractivity contribution in [2.24, 2.45) is 0 Å². The van der Waals surface area contributed by atoms with Gasteiger partial charge in [0.25, 0.3) is 5.91 Å². The first kappa shape index (κ1) is 20.8. The third-order valence-corrected chi connectivity index (χ3v) is 6.28. The minimum atomic E-state index is -0.248. The number of oxazole rings is 1. The highest BCUT2D eigenvalue weighted by Gasteiger charge is 2.20. The molecule has 1 amide bonds. The van der Waals surface area contributed by atoms with Gasteiger partial charge in [-0.25, -0.2) is 9.37 Å². The molecule has 2 heterocycles. The van der Waals surface area contributed by atoms with Crippen LogP contribution in [-0.2, 0) is 25.9 Å². The number of benzene rings is 2. The lowest BCUT2D eigenvalue weighted by molar-refractivity contribution is 0.102. The lowest BCUT2D eigenvalue weighted by Crippen LogP contribution is -2.45. The van der Waals surface area contributed by atoms with Crippen molar-refractivity contribution in [1.82, 2.24) is 14.8 Å². The number of halogens is 1. The van der Waals surface area contributed by atoms with Crippen LogP contribution in [0.2, 0.25) is 0 Å². The van der Waals surface area contributed by atoms with Crippen molar-refractivity contribution >= 4 is 11.6 Å². The number of amides is 1. The molecule has 3 aromatic rings. The van der Waals surface area contributed by atoms with Crippen LogP contribution in [-0.4, -0.2) is 46.9 Å². The second-order valence-corrected chi connectivity index (χ2v) is 8.60. The molecule has 2 aromatic carbocycles. The first-order valence-corrected chi connectivity index (χ1v) is 11.2. The minimum absolute atomic E-state index is 0.204. The third kappa shape index (κ3) is 4.89. The maximum atomic E-state index is 13.1. The van der Waals surface area contributed by atoms with Crippen LogP contribution in [0.15, 0.2) is 53.1 Å². The molecule has 1 N–H and O–H groups in total. The molecule has 0 spiro atoms. The lowest BCUT2D eigenvalue weighted by atomic mass is 10.1. The number of nitrogens with one attached hydrogen (secondary N) is 1. The van der Waals surface area contributed by atoms with Gasteiger partial charge in [0.1, 0.15) is 12.1 Å². The fourth-order valence-corrected chi connectivity index (χ4v) is 4.48. The van der Waals surface area contributed by atoms with E-state index < -0.39 is 0 Å². The van der Waals surface area contributed by atoms with Crippen LogP contribution in [0.5, 0.6) is 0 Å². The van der Waals surface area contributed by atoms with Gasteiger partial charge in [-0.15, -0.1) is 0 Å². The van der Waals surface area contributed by atoms with Gasteiger partial charge >= 0.3 is 0 Å². The SMILES string of the molecule is O=C(Nc1ccc2c(c1)CCC2)c1coc(CN2CCN(Cc3ccc(F)cc3)CC2)n1. The summed E-state index contributed by atoms with van der Waals surface area (Å²) >= 11 is 0. The average molecular weight is 435 g/mol. The van der Waals surface area contributed by atoms with Crippen molar-refractivity contribution in [2.45, 2.75) is 32.4 Å². The topological polar surface area (TPSA) is 61.6 Å². The summed E-state index contributed by atoms with van der Waals surface area (Å²) in [5.41, 5.74) is 4.92. The highest BCUT2D eigenvalue weighted by Crippen LogP contribution is 2.25. The van der Waals surface area contributed by atoms with Crippen LogP contribution in [0.1, 0.15) is 39.5 Å². The average Bonchev–Trinajstić information content (AvgIpc) is 3.46. The Kier molecular flexibility index (Phi) is 6.01. The zero-order valence-corrected chi connectivity index (χ0v) is 18.0. The molecule has 166 valence electrons. The van der Waals surface area contributed by atoms with Crippen molar-refractivity contribution in [2.75, 3.05) is 31.5 Å². The summed E-state index contributed by atoms with van der Waals surface area (Å²) in [5.74, 6) is 0.1000. The third-order valence-electron chi connectivity index (χ3n) is 6.28. The molecule has 1 aromatic heterocycles. The van der Waals surface area contributed by atoms with Crippen LogP contribution >= 0.6 is 0 Å². The van der Waals surface area contributed by atoms with E-state index in [4.69, 9.17) is 4.42 Å². The van der Waals surface area contributed by atoms with E-state index in [0.717, 1.165) is 56.8 Å². The maximum Gasteiger partial charge on any atom is 0.277 e. The van der Waals surface area contributed by atoms with Gasteiger partial charge < -0.3 is 9.73 Å². The number of nitrogens with zero attached hydrogens (tertiary/aromatic N) is 3. The van der Waals surface area contributed by atoms with E-state index in [9.17, 15) is 9.18 Å². The van der Waals surface area contributed by atoms with Crippen LogP contribution in [0, 0.1) is 5.82 Å². The first-order valence-electron chi connectivity index (χ1n) is 11.2. The number of hydrogen-bond acceptors (Lipinski definition) is 5. The number of carbonyl (C=O) groups is 1. The fraction of sp³-hybridized carbons (Fsp3) is 0.360. The van der Waals surface area contributed by atoms with Gasteiger partial charge in [-0.1, -0.05) is 18.2 Å². The molecule has 0 saturated carbocycles. The van der Waals surface area contributed by atoms with E-state index in [1.165, 1.54) is 35.9 Å². The molecule has 1 fully saturated rings. The van der Waals surface area contributed by atoms with E-state index in [1.807, 2.05) is 18.2 Å². The smallest absolute Gasteiger partial charge is 0.277 e. The molecule has 0 bridgehead atoms. The number of rotatable bonds is 6. The molecule has 1 aliphatic heterocycles. The van der Waals surface area contributed by atoms with Crippen LogP contribution in [0.3, 0.4) is 0 Å². The van der Waals surface area contributed by atoms with Crippen molar-refractivity contribution in [1.29, 1.82) is 0 Å². The van der Waals surface area contributed by atoms with Crippen molar-refractivity contribution in [3.05, 3.63) is 82.8 Å². The molecule has 5 rings (SSSR count). The predicted molar refractivity (Wildman–Crippen MR) is 120 cm³/mol. The monoisotopic (exact) mass is 434 g/mol. The number of hydrogen-bond donors (Lipinski definition) is 1. The van der Waals surface area contributed by atoms with Gasteiger partial charge in [-0.2, -0.15) is 0 Å². The van der Waals surface area contributed by atoms with E-state index >= 15 is 0 Å². The number of aromatic nitrogens is 1. The molecule has 6 nitrogen and oxygen atoms in total. The number of fused-ring (bicyclic) bond motifs is 1. The summed E-state index contributed by atoms with van der Waals surface area (Å²) in [6.45, 7) is 5.02. The molecule has 0 radical (unpaired) electrons. The Bertz CT molecular complexity index is 1090. The Hall–Kier alpha value is -3.03. The van der Waals surface area contributed by atoms with Gasteiger partial charge in [0.05, 0.1) is 6.54 Å². The van der Waals surface area contributed by atoms with Crippen molar-refractivity contribution in [3.63, 3.8) is 0 Å². The highest BCUT2D eigenvalue weighted by atomic mass is 19.1. The van der Waals surface area contributed by atoms with Gasteiger partial charge in [0, 0.05) is 38.4 Å². The van der Waals surface area contributed by atoms with E-state index in [2.05, 4.69) is 32.2 Å². The second kappa shape index (κ2) is 9.22. The van der Waals surface area contributed by atoms with E-state index in [1.54, 1.807) is 0 Å². The second-order valence-electron chi connectivity index (χ2n) is 8.60. The normalized spacial score (nSPS) is 16.8. The molecule has 1 saturated heterocycles. The minimum Gasteiger partial charge on any atom is -0.447 e. The zero-order chi connectivity index (χ0) is 21.9. The Balaban J connectivity index is 1.11. The molecule has 1 aliphatic carbocycles. The Morgan fingerprint density at radius 3 is 2.47 bits per heavy atom. The molecule has 32 heavy (non-hydrogen) atoms. The molecule has 0 unspecified atom stereocenters. The Morgan fingerprint density at radius 1 is 0.969 bits per heavy atom. The largest absolute Gasteiger partial charge is 0.447 e. The molecular weight excluding hydrogens is 407 g/mol.